The van der Waals surface area contributed by atoms with Crippen molar-refractivity contribution in [3.8, 4) is 28.7 Å². The van der Waals surface area contributed by atoms with Crippen molar-refractivity contribution in [3.63, 3.8) is 0 Å². The number of likely N-dealkylation sites (tertiary alicyclic amines) is 1. The SMILES string of the molecule is [C-]#[N+]C1(C)CN(Cc2nc3ccc(-c4cc5c(C(=O)NC)c(-c6ccc(F)cc6)oc5cc4N(C)S(C)(=O)=O)nc3c3cc4c(C#N)cccc4n23)C1. The molecule has 1 aliphatic heterocycles. The fraction of sp³-hybridized carbons (Fsp3) is 0.205. The van der Waals surface area contributed by atoms with Gasteiger partial charge in [0.05, 0.1) is 71.0 Å². The van der Waals surface area contributed by atoms with Crippen LogP contribution >= 0.6 is 0 Å². The number of rotatable bonds is 7. The van der Waals surface area contributed by atoms with E-state index < -0.39 is 27.3 Å². The highest BCUT2D eigenvalue weighted by molar-refractivity contribution is 7.92. The van der Waals surface area contributed by atoms with E-state index >= 15 is 0 Å². The number of sulfonamides is 1. The molecule has 12 nitrogen and oxygen atoms in total. The Bertz CT molecular complexity index is 2880. The van der Waals surface area contributed by atoms with Gasteiger partial charge in [-0.2, -0.15) is 5.26 Å². The van der Waals surface area contributed by atoms with Crippen LogP contribution in [-0.4, -0.2) is 72.6 Å². The molecule has 0 unspecified atom stereocenters. The molecule has 0 saturated carbocycles. The molecule has 7 aromatic rings. The van der Waals surface area contributed by atoms with Crippen molar-refractivity contribution in [2.24, 2.45) is 0 Å². The van der Waals surface area contributed by atoms with Crippen LogP contribution in [-0.2, 0) is 16.6 Å². The topological polar surface area (TPSA) is 141 Å². The molecule has 5 heterocycles. The molecular weight excluding hydrogens is 696 g/mol. The first-order valence-electron chi connectivity index (χ1n) is 16.6. The van der Waals surface area contributed by atoms with Crippen molar-refractivity contribution in [2.45, 2.75) is 19.0 Å². The molecule has 1 saturated heterocycles. The first-order chi connectivity index (χ1) is 25.3. The third-order valence-electron chi connectivity index (χ3n) is 9.83. The Kier molecular flexibility index (Phi) is 7.72. The highest BCUT2D eigenvalue weighted by Crippen LogP contribution is 2.42. The van der Waals surface area contributed by atoms with Crippen LogP contribution in [0, 0.1) is 23.7 Å². The number of nitrogens with zero attached hydrogens (tertiary/aromatic N) is 7. The Morgan fingerprint density at radius 3 is 2.53 bits per heavy atom. The molecule has 1 N–H and O–H groups in total. The summed E-state index contributed by atoms with van der Waals surface area (Å²) < 4.78 is 49.2. The predicted molar refractivity (Wildman–Crippen MR) is 200 cm³/mol. The van der Waals surface area contributed by atoms with Crippen molar-refractivity contribution < 1.29 is 22.0 Å². The van der Waals surface area contributed by atoms with Gasteiger partial charge in [-0.15, -0.1) is 0 Å². The van der Waals surface area contributed by atoms with Crippen molar-refractivity contribution in [2.75, 3.05) is 37.7 Å². The van der Waals surface area contributed by atoms with E-state index in [0.717, 1.165) is 27.3 Å². The second kappa shape index (κ2) is 12.1. The van der Waals surface area contributed by atoms with Gasteiger partial charge in [0.2, 0.25) is 10.0 Å². The number of aromatic nitrogens is 3. The Hall–Kier alpha value is -6.35. The van der Waals surface area contributed by atoms with E-state index in [2.05, 4.69) is 21.1 Å². The molecule has 14 heteroatoms. The van der Waals surface area contributed by atoms with Crippen LogP contribution in [0.4, 0.5) is 10.1 Å². The van der Waals surface area contributed by atoms with E-state index in [9.17, 15) is 22.9 Å². The van der Waals surface area contributed by atoms with Crippen LogP contribution in [0.15, 0.2) is 77.2 Å². The molecular formula is C39H31FN8O4S. The molecule has 4 aromatic heterocycles. The molecule has 3 aromatic carbocycles. The number of carbonyl (C=O) groups excluding carboxylic acids is 1. The Morgan fingerprint density at radius 1 is 1.09 bits per heavy atom. The lowest BCUT2D eigenvalue weighted by Crippen LogP contribution is -2.57. The number of carbonyl (C=O) groups is 1. The van der Waals surface area contributed by atoms with Gasteiger partial charge in [-0.3, -0.25) is 18.4 Å². The van der Waals surface area contributed by atoms with Crippen LogP contribution in [0.5, 0.6) is 0 Å². The van der Waals surface area contributed by atoms with Crippen LogP contribution in [0.2, 0.25) is 0 Å². The smallest absolute Gasteiger partial charge is 0.255 e. The summed E-state index contributed by atoms with van der Waals surface area (Å²) in [5.41, 5.74) is 4.58. The number of pyridine rings is 1. The highest BCUT2D eigenvalue weighted by Gasteiger charge is 2.45. The lowest BCUT2D eigenvalue weighted by Gasteiger charge is -2.38. The van der Waals surface area contributed by atoms with Gasteiger partial charge in [-0.25, -0.2) is 29.3 Å². The summed E-state index contributed by atoms with van der Waals surface area (Å²) in [5, 5.41) is 13.8. The van der Waals surface area contributed by atoms with E-state index in [1.807, 2.05) is 35.6 Å². The minimum atomic E-state index is -3.79. The van der Waals surface area contributed by atoms with Crippen LogP contribution in [0.25, 0.3) is 65.8 Å². The fourth-order valence-corrected chi connectivity index (χ4v) is 7.70. The monoisotopic (exact) mass is 726 g/mol. The number of nitrogens with one attached hydrogen (secondary N) is 1. The average molecular weight is 727 g/mol. The largest absolute Gasteiger partial charge is 0.455 e. The van der Waals surface area contributed by atoms with Gasteiger partial charge < -0.3 is 14.6 Å². The maximum atomic E-state index is 13.9. The van der Waals surface area contributed by atoms with E-state index in [-0.39, 0.29) is 22.6 Å². The van der Waals surface area contributed by atoms with Crippen molar-refractivity contribution in [1.29, 1.82) is 5.26 Å². The molecule has 0 radical (unpaired) electrons. The Morgan fingerprint density at radius 2 is 1.85 bits per heavy atom. The molecule has 0 atom stereocenters. The summed E-state index contributed by atoms with van der Waals surface area (Å²) >= 11 is 0. The first kappa shape index (κ1) is 33.8. The van der Waals surface area contributed by atoms with Crippen LogP contribution in [0.1, 0.15) is 28.7 Å². The summed E-state index contributed by atoms with van der Waals surface area (Å²) in [6, 6.07) is 22.1. The molecule has 53 heavy (non-hydrogen) atoms. The van der Waals surface area contributed by atoms with E-state index in [1.165, 1.54) is 38.4 Å². The average Bonchev–Trinajstić information content (AvgIpc) is 3.72. The zero-order chi connectivity index (χ0) is 37.4. The summed E-state index contributed by atoms with van der Waals surface area (Å²) in [7, 11) is -0.875. The number of nitriles is 1. The van der Waals surface area contributed by atoms with Gasteiger partial charge in [0.15, 0.2) is 0 Å². The lowest BCUT2D eigenvalue weighted by atomic mass is 9.93. The standard InChI is InChI=1S/C39H31FN8O4S/c1-39(43-3)20-47(21-39)19-34-44-29-14-13-28(45-36(29)32-16-25-23(18-41)7-6-8-30(25)48(32)34)26-15-27-33(17-31(26)46(4)53(5,50)51)52-37(35(27)38(49)42-2)22-9-11-24(40)12-10-22/h6-17H,19-21H2,1-2,4-5H3,(H,42,49). The van der Waals surface area contributed by atoms with Gasteiger partial charge in [0, 0.05) is 49.0 Å². The highest BCUT2D eigenvalue weighted by atomic mass is 32.2. The summed E-state index contributed by atoms with van der Waals surface area (Å²) in [6.07, 6.45) is 1.09. The minimum Gasteiger partial charge on any atom is -0.455 e. The molecule has 264 valence electrons. The Labute approximate surface area is 303 Å². The summed E-state index contributed by atoms with van der Waals surface area (Å²) in [4.78, 5) is 29.5. The number of benzene rings is 3. The van der Waals surface area contributed by atoms with Gasteiger partial charge in [-0.05, 0) is 60.7 Å². The lowest BCUT2D eigenvalue weighted by molar-refractivity contribution is 0.0964. The number of fused-ring (bicyclic) bond motifs is 6. The maximum Gasteiger partial charge on any atom is 0.255 e. The summed E-state index contributed by atoms with van der Waals surface area (Å²) in [6.45, 7) is 11.2. The zero-order valence-electron chi connectivity index (χ0n) is 29.1. The maximum absolute atomic E-state index is 13.9. The molecule has 1 amide bonds. The summed E-state index contributed by atoms with van der Waals surface area (Å²) in [5.74, 6) is 0.0175. The normalized spacial score (nSPS) is 14.3. The number of hydrogen-bond donors (Lipinski definition) is 1. The third kappa shape index (κ3) is 5.51. The Balaban J connectivity index is 1.39. The minimum absolute atomic E-state index is 0.195. The molecule has 0 spiro atoms. The molecule has 8 rings (SSSR count). The second-order valence-electron chi connectivity index (χ2n) is 13.5. The number of halogens is 1. The van der Waals surface area contributed by atoms with E-state index in [1.54, 1.807) is 24.3 Å². The number of furan rings is 1. The van der Waals surface area contributed by atoms with Crippen molar-refractivity contribution in [3.05, 3.63) is 107 Å². The number of anilines is 1. The number of amides is 1. The predicted octanol–water partition coefficient (Wildman–Crippen LogP) is 6.38. The van der Waals surface area contributed by atoms with Crippen LogP contribution < -0.4 is 9.62 Å². The first-order valence-corrected chi connectivity index (χ1v) is 18.4. The fourth-order valence-electron chi connectivity index (χ4n) is 7.19. The van der Waals surface area contributed by atoms with Gasteiger partial charge in [-0.1, -0.05) is 6.07 Å². The second-order valence-corrected chi connectivity index (χ2v) is 15.6. The van der Waals surface area contributed by atoms with Crippen LogP contribution in [0.3, 0.4) is 0 Å². The van der Waals surface area contributed by atoms with Crippen molar-refractivity contribution in [1.82, 2.24) is 24.6 Å². The van der Waals surface area contributed by atoms with Gasteiger partial charge >= 0.3 is 0 Å². The third-order valence-corrected chi connectivity index (χ3v) is 11.0. The number of hydrogen-bond acceptors (Lipinski definition) is 8. The van der Waals surface area contributed by atoms with Gasteiger partial charge in [0.1, 0.15) is 28.5 Å². The van der Waals surface area contributed by atoms with Crippen molar-refractivity contribution >= 4 is 60.0 Å². The zero-order valence-corrected chi connectivity index (χ0v) is 29.9. The molecule has 1 fully saturated rings. The quantitative estimate of drug-likeness (QED) is 0.187. The molecule has 0 bridgehead atoms. The van der Waals surface area contributed by atoms with E-state index in [4.69, 9.17) is 21.0 Å². The van der Waals surface area contributed by atoms with E-state index in [0.29, 0.717) is 64.0 Å². The molecule has 0 aliphatic carbocycles. The van der Waals surface area contributed by atoms with Gasteiger partial charge in [0.25, 0.3) is 11.4 Å². The molecule has 1 aliphatic rings.